The van der Waals surface area contributed by atoms with Crippen LogP contribution in [-0.4, -0.2) is 19.7 Å². The predicted molar refractivity (Wildman–Crippen MR) is 120 cm³/mol. The van der Waals surface area contributed by atoms with E-state index in [9.17, 15) is 10.1 Å². The van der Waals surface area contributed by atoms with Gasteiger partial charge in [-0.05, 0) is 66.4 Å². The first-order chi connectivity index (χ1) is 15.0. The third kappa shape index (κ3) is 5.74. The van der Waals surface area contributed by atoms with Gasteiger partial charge >= 0.3 is 5.97 Å². The Hall–Kier alpha value is -4.04. The van der Waals surface area contributed by atoms with E-state index in [4.69, 9.17) is 14.2 Å². The van der Waals surface area contributed by atoms with Gasteiger partial charge in [0, 0.05) is 0 Å². The fraction of sp³-hybridized carbons (Fsp3) is 0.154. The highest BCUT2D eigenvalue weighted by Crippen LogP contribution is 2.30. The molecule has 0 fully saturated rings. The maximum absolute atomic E-state index is 12.2. The first-order valence-corrected chi connectivity index (χ1v) is 9.76. The van der Waals surface area contributed by atoms with E-state index < -0.39 is 5.97 Å². The number of nitriles is 1. The van der Waals surface area contributed by atoms with Crippen LogP contribution in [0.4, 0.5) is 0 Å². The highest BCUT2D eigenvalue weighted by molar-refractivity contribution is 5.89. The third-order valence-corrected chi connectivity index (χ3v) is 4.76. The van der Waals surface area contributed by atoms with Crippen molar-refractivity contribution in [3.05, 3.63) is 89.0 Å². The molecule has 0 amide bonds. The molecule has 0 aliphatic carbocycles. The Balaban J connectivity index is 1.71. The summed E-state index contributed by atoms with van der Waals surface area (Å²) in [5.41, 5.74) is 4.34. The largest absolute Gasteiger partial charge is 0.493 e. The molecule has 0 N–H and O–H groups in total. The van der Waals surface area contributed by atoms with E-state index in [1.54, 1.807) is 24.3 Å². The van der Waals surface area contributed by atoms with Gasteiger partial charge in [0.15, 0.2) is 18.1 Å². The zero-order chi connectivity index (χ0) is 22.2. The van der Waals surface area contributed by atoms with E-state index in [-0.39, 0.29) is 12.4 Å². The Morgan fingerprint density at radius 1 is 0.968 bits per heavy atom. The van der Waals surface area contributed by atoms with Gasteiger partial charge in [0.25, 0.3) is 0 Å². The molecule has 0 aliphatic heterocycles. The van der Waals surface area contributed by atoms with Crippen molar-refractivity contribution < 1.29 is 19.0 Å². The quantitative estimate of drug-likeness (QED) is 0.226. The van der Waals surface area contributed by atoms with Crippen LogP contribution >= 0.6 is 0 Å². The molecular weight excluding hydrogens is 390 g/mol. The molecule has 0 saturated heterocycles. The van der Waals surface area contributed by atoms with Gasteiger partial charge < -0.3 is 14.2 Å². The van der Waals surface area contributed by atoms with Crippen LogP contribution in [0.2, 0.25) is 0 Å². The number of benzene rings is 3. The van der Waals surface area contributed by atoms with Crippen molar-refractivity contribution in [1.29, 1.82) is 5.26 Å². The number of aryl methyl sites for hydroxylation is 2. The van der Waals surface area contributed by atoms with Crippen LogP contribution in [0.1, 0.15) is 22.3 Å². The average Bonchev–Trinajstić information content (AvgIpc) is 2.79. The zero-order valence-electron chi connectivity index (χ0n) is 17.7. The van der Waals surface area contributed by atoms with Gasteiger partial charge in [-0.1, -0.05) is 42.5 Å². The molecule has 5 heteroatoms. The third-order valence-electron chi connectivity index (χ3n) is 4.76. The molecule has 5 nitrogen and oxygen atoms in total. The number of carbonyl (C=O) groups is 1. The van der Waals surface area contributed by atoms with Crippen molar-refractivity contribution in [3.8, 4) is 23.3 Å². The number of ether oxygens (including phenoxy) is 3. The van der Waals surface area contributed by atoms with Gasteiger partial charge in [-0.25, -0.2) is 4.79 Å². The average molecular weight is 413 g/mol. The smallest absolute Gasteiger partial charge is 0.349 e. The second-order valence-electron chi connectivity index (χ2n) is 6.95. The molecular formula is C26H23NO4. The van der Waals surface area contributed by atoms with E-state index in [0.29, 0.717) is 17.1 Å². The highest BCUT2D eigenvalue weighted by atomic mass is 16.6. The number of allylic oxidation sites excluding steroid dienone is 1. The van der Waals surface area contributed by atoms with E-state index in [1.807, 2.05) is 62.4 Å². The van der Waals surface area contributed by atoms with Crippen LogP contribution in [0.25, 0.3) is 11.6 Å². The Labute approximate surface area is 182 Å². The lowest BCUT2D eigenvalue weighted by Gasteiger charge is -2.11. The van der Waals surface area contributed by atoms with Crippen molar-refractivity contribution in [2.45, 2.75) is 13.8 Å². The Kier molecular flexibility index (Phi) is 7.08. The minimum atomic E-state index is -0.540. The van der Waals surface area contributed by atoms with E-state index >= 15 is 0 Å². The van der Waals surface area contributed by atoms with Crippen molar-refractivity contribution in [2.24, 2.45) is 0 Å². The van der Waals surface area contributed by atoms with Crippen molar-refractivity contribution in [3.63, 3.8) is 0 Å². The van der Waals surface area contributed by atoms with E-state index in [0.717, 1.165) is 22.3 Å². The first-order valence-electron chi connectivity index (χ1n) is 9.76. The fourth-order valence-corrected chi connectivity index (χ4v) is 2.92. The predicted octanol–water partition coefficient (Wildman–Crippen LogP) is 5.36. The van der Waals surface area contributed by atoms with Crippen LogP contribution in [0.3, 0.4) is 0 Å². The number of rotatable bonds is 7. The maximum Gasteiger partial charge on any atom is 0.349 e. The second kappa shape index (κ2) is 10.1. The lowest BCUT2D eigenvalue weighted by molar-refractivity contribution is -0.136. The minimum absolute atomic E-state index is 0.222. The summed E-state index contributed by atoms with van der Waals surface area (Å²) < 4.78 is 16.3. The molecule has 3 rings (SSSR count). The summed E-state index contributed by atoms with van der Waals surface area (Å²) in [4.78, 5) is 12.2. The summed E-state index contributed by atoms with van der Waals surface area (Å²) in [7, 11) is 1.49. The number of carbonyl (C=O) groups excluding carboxylic acids is 1. The normalized spacial score (nSPS) is 10.8. The molecule has 0 spiro atoms. The van der Waals surface area contributed by atoms with Crippen molar-refractivity contribution in [1.82, 2.24) is 0 Å². The fourth-order valence-electron chi connectivity index (χ4n) is 2.92. The molecule has 3 aromatic rings. The Bertz CT molecular complexity index is 1140. The van der Waals surface area contributed by atoms with Crippen LogP contribution in [0.15, 0.2) is 66.7 Å². The van der Waals surface area contributed by atoms with Crippen LogP contribution < -0.4 is 14.2 Å². The molecule has 0 aliphatic rings. The Morgan fingerprint density at radius 2 is 1.74 bits per heavy atom. The molecule has 0 unspecified atom stereocenters. The summed E-state index contributed by atoms with van der Waals surface area (Å²) in [6, 6.07) is 22.4. The van der Waals surface area contributed by atoms with Gasteiger partial charge in [-0.2, -0.15) is 5.26 Å². The molecule has 0 saturated carbocycles. The summed E-state index contributed by atoms with van der Waals surface area (Å²) in [6.45, 7) is 3.77. The van der Waals surface area contributed by atoms with Crippen molar-refractivity contribution >= 4 is 17.6 Å². The lowest BCUT2D eigenvalue weighted by Crippen LogP contribution is -2.18. The molecule has 0 heterocycles. The van der Waals surface area contributed by atoms with E-state index in [1.165, 1.54) is 7.11 Å². The minimum Gasteiger partial charge on any atom is -0.493 e. The Morgan fingerprint density at radius 3 is 2.42 bits per heavy atom. The molecule has 156 valence electrons. The number of hydrogen-bond acceptors (Lipinski definition) is 5. The van der Waals surface area contributed by atoms with Crippen LogP contribution in [-0.2, 0) is 4.79 Å². The molecule has 0 bridgehead atoms. The number of methoxy groups -OCH3 is 1. The van der Waals surface area contributed by atoms with Crippen molar-refractivity contribution in [2.75, 3.05) is 13.7 Å². The second-order valence-corrected chi connectivity index (χ2v) is 6.95. The zero-order valence-corrected chi connectivity index (χ0v) is 17.7. The van der Waals surface area contributed by atoms with Gasteiger partial charge in [0.05, 0.1) is 18.8 Å². The number of esters is 1. The monoisotopic (exact) mass is 413 g/mol. The van der Waals surface area contributed by atoms with Gasteiger partial charge in [-0.15, -0.1) is 0 Å². The maximum atomic E-state index is 12.2. The highest BCUT2D eigenvalue weighted by Gasteiger charge is 2.12. The summed E-state index contributed by atoms with van der Waals surface area (Å²) >= 11 is 0. The molecule has 0 atom stereocenters. The van der Waals surface area contributed by atoms with Gasteiger partial charge in [0.1, 0.15) is 5.75 Å². The van der Waals surface area contributed by atoms with Crippen LogP contribution in [0.5, 0.6) is 17.2 Å². The van der Waals surface area contributed by atoms with E-state index in [2.05, 4.69) is 6.07 Å². The van der Waals surface area contributed by atoms with Gasteiger partial charge in [0.2, 0.25) is 0 Å². The number of nitrogens with zero attached hydrogens (tertiary/aromatic N) is 1. The molecule has 0 radical (unpaired) electrons. The molecule has 0 aromatic heterocycles. The lowest BCUT2D eigenvalue weighted by atomic mass is 10.0. The van der Waals surface area contributed by atoms with Gasteiger partial charge in [-0.3, -0.25) is 0 Å². The molecule has 3 aromatic carbocycles. The SMILES string of the molecule is COc1cc(C=C(C#N)c2ccccc2)ccc1OC(=O)COc1ccc(C)c(C)c1. The summed E-state index contributed by atoms with van der Waals surface area (Å²) in [5, 5.41) is 9.49. The molecule has 31 heavy (non-hydrogen) atoms. The summed E-state index contributed by atoms with van der Waals surface area (Å²) in [6.07, 6.45) is 1.76. The first kappa shape index (κ1) is 21.7. The van der Waals surface area contributed by atoms with Crippen LogP contribution in [0, 0.1) is 25.2 Å². The topological polar surface area (TPSA) is 68.5 Å². The number of hydrogen-bond donors (Lipinski definition) is 0. The standard InChI is InChI=1S/C26H23NO4/c1-18-9-11-23(13-19(18)2)30-17-26(28)31-24-12-10-20(15-25(24)29-3)14-22(16-27)21-7-5-4-6-8-21/h4-15H,17H2,1-3H3. The summed E-state index contributed by atoms with van der Waals surface area (Å²) in [5.74, 6) is 0.740.